The number of nitrogens with zero attached hydrogens (tertiary/aromatic N) is 2. The second-order valence-corrected chi connectivity index (χ2v) is 6.23. The molecule has 0 saturated carbocycles. The summed E-state index contributed by atoms with van der Waals surface area (Å²) in [4.78, 5) is 14.5. The van der Waals surface area contributed by atoms with Gasteiger partial charge in [-0.15, -0.1) is 0 Å². The van der Waals surface area contributed by atoms with E-state index in [1.165, 1.54) is 5.56 Å². The van der Waals surface area contributed by atoms with E-state index >= 15 is 0 Å². The number of hydrogen-bond acceptors (Lipinski definition) is 3. The van der Waals surface area contributed by atoms with Gasteiger partial charge in [-0.25, -0.2) is 0 Å². The maximum absolute atomic E-state index is 12.5. The van der Waals surface area contributed by atoms with Crippen LogP contribution in [0.5, 0.6) is 0 Å². The SMILES string of the molecule is CN(C)Cc1cccc(C(=O)N[C@@H]2CCc3cn[nH]c3C2)c1. The molecule has 22 heavy (non-hydrogen) atoms. The first-order valence-corrected chi connectivity index (χ1v) is 7.67. The molecule has 2 N–H and O–H groups in total. The number of aryl methyl sites for hydroxylation is 1. The number of aromatic amines is 1. The predicted molar refractivity (Wildman–Crippen MR) is 85.7 cm³/mol. The van der Waals surface area contributed by atoms with E-state index in [0.717, 1.165) is 42.6 Å². The Morgan fingerprint density at radius 1 is 1.45 bits per heavy atom. The topological polar surface area (TPSA) is 61.0 Å². The highest BCUT2D eigenvalue weighted by Crippen LogP contribution is 2.19. The van der Waals surface area contributed by atoms with Crippen LogP contribution in [0.3, 0.4) is 0 Å². The molecule has 1 heterocycles. The summed E-state index contributed by atoms with van der Waals surface area (Å²) >= 11 is 0. The lowest BCUT2D eigenvalue weighted by atomic mass is 9.93. The minimum absolute atomic E-state index is 0.00794. The highest BCUT2D eigenvalue weighted by Gasteiger charge is 2.22. The van der Waals surface area contributed by atoms with E-state index in [-0.39, 0.29) is 11.9 Å². The van der Waals surface area contributed by atoms with Gasteiger partial charge >= 0.3 is 0 Å². The molecule has 2 aromatic rings. The lowest BCUT2D eigenvalue weighted by Crippen LogP contribution is -2.38. The summed E-state index contributed by atoms with van der Waals surface area (Å²) in [7, 11) is 4.05. The van der Waals surface area contributed by atoms with Crippen molar-refractivity contribution in [2.24, 2.45) is 0 Å². The van der Waals surface area contributed by atoms with Crippen molar-refractivity contribution in [1.29, 1.82) is 0 Å². The van der Waals surface area contributed by atoms with E-state index in [2.05, 4.69) is 20.4 Å². The van der Waals surface area contributed by atoms with Gasteiger partial charge < -0.3 is 10.2 Å². The number of fused-ring (bicyclic) bond motifs is 1. The third kappa shape index (κ3) is 3.36. The summed E-state index contributed by atoms with van der Waals surface area (Å²) in [5.41, 5.74) is 4.31. The van der Waals surface area contributed by atoms with Crippen molar-refractivity contribution in [2.75, 3.05) is 14.1 Å². The molecule has 1 amide bonds. The molecule has 0 unspecified atom stereocenters. The fraction of sp³-hybridized carbons (Fsp3) is 0.412. The highest BCUT2D eigenvalue weighted by molar-refractivity contribution is 5.94. The zero-order valence-corrected chi connectivity index (χ0v) is 13.1. The van der Waals surface area contributed by atoms with Gasteiger partial charge in [0.05, 0.1) is 6.20 Å². The van der Waals surface area contributed by atoms with Crippen molar-refractivity contribution in [2.45, 2.75) is 31.8 Å². The number of hydrogen-bond donors (Lipinski definition) is 2. The molecule has 116 valence electrons. The molecule has 1 aliphatic rings. The summed E-state index contributed by atoms with van der Waals surface area (Å²) in [5.74, 6) is 0.00794. The van der Waals surface area contributed by atoms with Crippen molar-refractivity contribution in [3.8, 4) is 0 Å². The molecule has 3 rings (SSSR count). The van der Waals surface area contributed by atoms with Gasteiger partial charge in [0.1, 0.15) is 0 Å². The van der Waals surface area contributed by atoms with E-state index < -0.39 is 0 Å². The average Bonchev–Trinajstić information content (AvgIpc) is 2.94. The first-order valence-electron chi connectivity index (χ1n) is 7.67. The van der Waals surface area contributed by atoms with Gasteiger partial charge in [-0.05, 0) is 50.2 Å². The first kappa shape index (κ1) is 14.8. The Hall–Kier alpha value is -2.14. The summed E-state index contributed by atoms with van der Waals surface area (Å²) < 4.78 is 0. The van der Waals surface area contributed by atoms with Crippen LogP contribution in [0.4, 0.5) is 0 Å². The van der Waals surface area contributed by atoms with Crippen molar-refractivity contribution in [3.05, 3.63) is 52.8 Å². The van der Waals surface area contributed by atoms with Gasteiger partial charge in [0.15, 0.2) is 0 Å². The molecule has 0 fully saturated rings. The number of carbonyl (C=O) groups is 1. The molecule has 1 aromatic carbocycles. The van der Waals surface area contributed by atoms with E-state index in [0.29, 0.717) is 0 Å². The average molecular weight is 298 g/mol. The molecule has 0 bridgehead atoms. The number of rotatable bonds is 4. The monoisotopic (exact) mass is 298 g/mol. The van der Waals surface area contributed by atoms with Gasteiger partial charge in [0, 0.05) is 30.3 Å². The number of H-pyrrole nitrogens is 1. The molecule has 0 saturated heterocycles. The molecule has 1 atom stereocenters. The Kier molecular flexibility index (Phi) is 4.24. The van der Waals surface area contributed by atoms with E-state index in [9.17, 15) is 4.79 Å². The number of carbonyl (C=O) groups excluding carboxylic acids is 1. The quantitative estimate of drug-likeness (QED) is 0.904. The molecule has 1 aliphatic carbocycles. The standard InChI is InChI=1S/C17H22N4O/c1-21(2)11-12-4-3-5-13(8-12)17(22)19-15-7-6-14-10-18-20-16(14)9-15/h3-5,8,10,15H,6-7,9,11H2,1-2H3,(H,18,20)(H,19,22)/t15-/m1/s1. The lowest BCUT2D eigenvalue weighted by Gasteiger charge is -2.23. The van der Waals surface area contributed by atoms with Crippen LogP contribution in [-0.4, -0.2) is 41.1 Å². The fourth-order valence-electron chi connectivity index (χ4n) is 2.98. The Labute approximate surface area is 130 Å². The molecule has 0 radical (unpaired) electrons. The van der Waals surface area contributed by atoms with Gasteiger partial charge in [-0.2, -0.15) is 5.10 Å². The second kappa shape index (κ2) is 6.32. The van der Waals surface area contributed by atoms with E-state index in [1.54, 1.807) is 0 Å². The molecule has 0 spiro atoms. The zero-order chi connectivity index (χ0) is 15.5. The maximum atomic E-state index is 12.5. The van der Waals surface area contributed by atoms with E-state index in [4.69, 9.17) is 0 Å². The van der Waals surface area contributed by atoms with Gasteiger partial charge in [0.2, 0.25) is 0 Å². The number of amides is 1. The van der Waals surface area contributed by atoms with Crippen LogP contribution in [0.1, 0.15) is 33.6 Å². The summed E-state index contributed by atoms with van der Waals surface area (Å²) in [5, 5.41) is 10.2. The molecule has 1 aromatic heterocycles. The minimum Gasteiger partial charge on any atom is -0.349 e. The molecule has 5 heteroatoms. The normalized spacial score (nSPS) is 17.3. The molecule has 5 nitrogen and oxygen atoms in total. The molecular formula is C17H22N4O. The number of nitrogens with one attached hydrogen (secondary N) is 2. The van der Waals surface area contributed by atoms with Crippen LogP contribution in [-0.2, 0) is 19.4 Å². The third-order valence-corrected chi connectivity index (χ3v) is 4.04. The first-order chi connectivity index (χ1) is 10.6. The maximum Gasteiger partial charge on any atom is 0.251 e. The van der Waals surface area contributed by atoms with Crippen LogP contribution in [0, 0.1) is 0 Å². The minimum atomic E-state index is 0.00794. The van der Waals surface area contributed by atoms with Crippen LogP contribution in [0.2, 0.25) is 0 Å². The van der Waals surface area contributed by atoms with Crippen LogP contribution < -0.4 is 5.32 Å². The lowest BCUT2D eigenvalue weighted by molar-refractivity contribution is 0.0933. The Bertz CT molecular complexity index is 662. The van der Waals surface area contributed by atoms with Gasteiger partial charge in [-0.1, -0.05) is 12.1 Å². The van der Waals surface area contributed by atoms with Crippen LogP contribution >= 0.6 is 0 Å². The Balaban J connectivity index is 1.65. The number of benzene rings is 1. The smallest absolute Gasteiger partial charge is 0.251 e. The largest absolute Gasteiger partial charge is 0.349 e. The van der Waals surface area contributed by atoms with Crippen molar-refractivity contribution in [3.63, 3.8) is 0 Å². The fourth-order valence-corrected chi connectivity index (χ4v) is 2.98. The van der Waals surface area contributed by atoms with Crippen molar-refractivity contribution in [1.82, 2.24) is 20.4 Å². The predicted octanol–water partition coefficient (Wildman–Crippen LogP) is 1.76. The number of aromatic nitrogens is 2. The Morgan fingerprint density at radius 3 is 3.14 bits per heavy atom. The van der Waals surface area contributed by atoms with Crippen LogP contribution in [0.25, 0.3) is 0 Å². The van der Waals surface area contributed by atoms with Crippen molar-refractivity contribution < 1.29 is 4.79 Å². The summed E-state index contributed by atoms with van der Waals surface area (Å²) in [6.45, 7) is 0.835. The Morgan fingerprint density at radius 2 is 2.32 bits per heavy atom. The van der Waals surface area contributed by atoms with E-state index in [1.807, 2.05) is 44.6 Å². The second-order valence-electron chi connectivity index (χ2n) is 6.23. The van der Waals surface area contributed by atoms with Crippen LogP contribution in [0.15, 0.2) is 30.5 Å². The van der Waals surface area contributed by atoms with Gasteiger partial charge in [-0.3, -0.25) is 9.89 Å². The molecular weight excluding hydrogens is 276 g/mol. The summed E-state index contributed by atoms with van der Waals surface area (Å²) in [6, 6.07) is 8.02. The zero-order valence-electron chi connectivity index (χ0n) is 13.1. The highest BCUT2D eigenvalue weighted by atomic mass is 16.1. The molecule has 0 aliphatic heterocycles. The third-order valence-electron chi connectivity index (χ3n) is 4.04. The summed E-state index contributed by atoms with van der Waals surface area (Å²) in [6.07, 6.45) is 4.66. The van der Waals surface area contributed by atoms with Gasteiger partial charge in [0.25, 0.3) is 5.91 Å². The van der Waals surface area contributed by atoms with Crippen molar-refractivity contribution >= 4 is 5.91 Å².